The summed E-state index contributed by atoms with van der Waals surface area (Å²) in [7, 11) is 1.57. The van der Waals surface area contributed by atoms with E-state index in [2.05, 4.69) is 6.92 Å². The Bertz CT molecular complexity index is 373. The third-order valence-electron chi connectivity index (χ3n) is 3.05. The van der Waals surface area contributed by atoms with Gasteiger partial charge in [0.1, 0.15) is 5.75 Å². The molecular weight excluding hydrogens is 216 g/mol. The van der Waals surface area contributed by atoms with Crippen molar-refractivity contribution in [2.75, 3.05) is 7.11 Å². The average Bonchev–Trinajstić information content (AvgIpc) is 2.30. The van der Waals surface area contributed by atoms with Crippen LogP contribution in [0.3, 0.4) is 0 Å². The van der Waals surface area contributed by atoms with Crippen molar-refractivity contribution in [3.8, 4) is 5.75 Å². The van der Waals surface area contributed by atoms with Crippen molar-refractivity contribution in [1.82, 2.24) is 0 Å². The molecule has 0 saturated carbocycles. The van der Waals surface area contributed by atoms with E-state index in [1.807, 2.05) is 31.2 Å². The van der Waals surface area contributed by atoms with Gasteiger partial charge in [0.2, 0.25) is 0 Å². The minimum Gasteiger partial charge on any atom is -0.496 e. The maximum absolute atomic E-state index is 11.4. The molecule has 2 unspecified atom stereocenters. The summed E-state index contributed by atoms with van der Waals surface area (Å²) >= 11 is 0. The highest BCUT2D eigenvalue weighted by Crippen LogP contribution is 2.34. The molecule has 1 aromatic rings. The van der Waals surface area contributed by atoms with Crippen molar-refractivity contribution in [3.63, 3.8) is 0 Å². The maximum Gasteiger partial charge on any atom is 0.311 e. The Balaban J connectivity index is 3.09. The summed E-state index contributed by atoms with van der Waals surface area (Å²) in [5, 5.41) is 9.39. The molecule has 3 nitrogen and oxygen atoms in total. The van der Waals surface area contributed by atoms with Gasteiger partial charge in [0.25, 0.3) is 0 Å². The fourth-order valence-electron chi connectivity index (χ4n) is 2.23. The zero-order valence-electron chi connectivity index (χ0n) is 10.6. The van der Waals surface area contributed by atoms with Gasteiger partial charge < -0.3 is 9.84 Å². The number of hydrogen-bond acceptors (Lipinski definition) is 2. The zero-order chi connectivity index (χ0) is 12.8. The molecule has 1 rings (SSSR count). The molecule has 0 amide bonds. The third kappa shape index (κ3) is 3.22. The first kappa shape index (κ1) is 13.6. The number of aliphatic carboxylic acids is 1. The van der Waals surface area contributed by atoms with Crippen LogP contribution in [0.2, 0.25) is 0 Å². The topological polar surface area (TPSA) is 46.5 Å². The number of carboxylic acid groups (broad SMARTS) is 1. The van der Waals surface area contributed by atoms with Gasteiger partial charge >= 0.3 is 5.97 Å². The Labute approximate surface area is 102 Å². The molecule has 0 aromatic heterocycles. The second-order valence-corrected chi connectivity index (χ2v) is 4.32. The Morgan fingerprint density at radius 2 is 2.06 bits per heavy atom. The molecule has 0 aliphatic rings. The van der Waals surface area contributed by atoms with Crippen LogP contribution in [0.25, 0.3) is 0 Å². The van der Waals surface area contributed by atoms with Crippen molar-refractivity contribution in [1.29, 1.82) is 0 Å². The minimum atomic E-state index is -0.782. The van der Waals surface area contributed by atoms with E-state index < -0.39 is 11.9 Å². The number of rotatable bonds is 6. The molecule has 0 saturated heterocycles. The molecule has 0 bridgehead atoms. The normalized spacial score (nSPS) is 14.1. The van der Waals surface area contributed by atoms with Gasteiger partial charge in [-0.1, -0.05) is 38.5 Å². The Kier molecular flexibility index (Phi) is 5.01. The van der Waals surface area contributed by atoms with Crippen molar-refractivity contribution < 1.29 is 14.6 Å². The van der Waals surface area contributed by atoms with Gasteiger partial charge in [-0.25, -0.2) is 0 Å². The number of methoxy groups -OCH3 is 1. The smallest absolute Gasteiger partial charge is 0.311 e. The lowest BCUT2D eigenvalue weighted by molar-refractivity contribution is -0.140. The van der Waals surface area contributed by atoms with Gasteiger partial charge in [0.05, 0.1) is 13.0 Å². The van der Waals surface area contributed by atoms with Crippen LogP contribution < -0.4 is 4.74 Å². The molecule has 1 aromatic carbocycles. The number of para-hydroxylation sites is 1. The van der Waals surface area contributed by atoms with Crippen LogP contribution >= 0.6 is 0 Å². The van der Waals surface area contributed by atoms with Gasteiger partial charge in [0.15, 0.2) is 0 Å². The van der Waals surface area contributed by atoms with Crippen LogP contribution in [0, 0.1) is 5.92 Å². The molecule has 94 valence electrons. The largest absolute Gasteiger partial charge is 0.496 e. The fourth-order valence-corrected chi connectivity index (χ4v) is 2.23. The summed E-state index contributed by atoms with van der Waals surface area (Å²) < 4.78 is 5.24. The number of ether oxygens (including phenoxy) is 1. The van der Waals surface area contributed by atoms with Gasteiger partial charge in [-0.15, -0.1) is 0 Å². The first-order valence-corrected chi connectivity index (χ1v) is 5.97. The summed E-state index contributed by atoms with van der Waals surface area (Å²) in [4.78, 5) is 11.4. The predicted octanol–water partition coefficient (Wildman–Crippen LogP) is 3.30. The maximum atomic E-state index is 11.4. The van der Waals surface area contributed by atoms with E-state index in [0.717, 1.165) is 18.4 Å². The molecule has 0 aliphatic heterocycles. The van der Waals surface area contributed by atoms with E-state index in [0.29, 0.717) is 5.75 Å². The summed E-state index contributed by atoms with van der Waals surface area (Å²) in [6.45, 7) is 4.05. The Morgan fingerprint density at radius 3 is 2.59 bits per heavy atom. The summed E-state index contributed by atoms with van der Waals surface area (Å²) in [5.74, 6) is -0.516. The second-order valence-electron chi connectivity index (χ2n) is 4.32. The van der Waals surface area contributed by atoms with Crippen LogP contribution in [-0.4, -0.2) is 18.2 Å². The molecule has 3 heteroatoms. The number of benzene rings is 1. The second kappa shape index (κ2) is 6.28. The molecule has 0 fully saturated rings. The number of hydrogen-bond donors (Lipinski definition) is 1. The fraction of sp³-hybridized carbons (Fsp3) is 0.500. The first-order chi connectivity index (χ1) is 8.11. The average molecular weight is 236 g/mol. The van der Waals surface area contributed by atoms with Crippen molar-refractivity contribution in [2.45, 2.75) is 32.6 Å². The summed E-state index contributed by atoms with van der Waals surface area (Å²) in [6, 6.07) is 7.35. The zero-order valence-corrected chi connectivity index (χ0v) is 10.6. The Hall–Kier alpha value is -1.51. The highest BCUT2D eigenvalue weighted by molar-refractivity contribution is 5.77. The standard InChI is InChI=1S/C14H20O3/c1-4-7-10(2)13(14(15)16)11-8-5-6-9-12(11)17-3/h5-6,8-10,13H,4,7H2,1-3H3,(H,15,16). The molecule has 0 spiro atoms. The monoisotopic (exact) mass is 236 g/mol. The van der Waals surface area contributed by atoms with Gasteiger partial charge in [-0.05, 0) is 18.4 Å². The first-order valence-electron chi connectivity index (χ1n) is 5.97. The van der Waals surface area contributed by atoms with Crippen LogP contribution in [0.1, 0.15) is 38.2 Å². The minimum absolute atomic E-state index is 0.105. The molecule has 2 atom stereocenters. The lowest BCUT2D eigenvalue weighted by atomic mass is 9.84. The molecule has 0 aliphatic carbocycles. The third-order valence-corrected chi connectivity index (χ3v) is 3.05. The van der Waals surface area contributed by atoms with Crippen LogP contribution in [0.5, 0.6) is 5.75 Å². The van der Waals surface area contributed by atoms with Crippen molar-refractivity contribution in [3.05, 3.63) is 29.8 Å². The van der Waals surface area contributed by atoms with Gasteiger partial charge in [-0.3, -0.25) is 4.79 Å². The molecule has 0 heterocycles. The molecule has 1 N–H and O–H groups in total. The van der Waals surface area contributed by atoms with Gasteiger partial charge in [0, 0.05) is 5.56 Å². The highest BCUT2D eigenvalue weighted by Gasteiger charge is 2.28. The summed E-state index contributed by atoms with van der Waals surface area (Å²) in [5.41, 5.74) is 0.767. The van der Waals surface area contributed by atoms with E-state index in [-0.39, 0.29) is 5.92 Å². The van der Waals surface area contributed by atoms with E-state index in [1.54, 1.807) is 7.11 Å². The quantitative estimate of drug-likeness (QED) is 0.824. The molecular formula is C14H20O3. The SMILES string of the molecule is CCCC(C)C(C(=O)O)c1ccccc1OC. The van der Waals surface area contributed by atoms with Gasteiger partial charge in [-0.2, -0.15) is 0 Å². The van der Waals surface area contributed by atoms with Crippen LogP contribution in [0.4, 0.5) is 0 Å². The lowest BCUT2D eigenvalue weighted by Crippen LogP contribution is -2.20. The van der Waals surface area contributed by atoms with Crippen molar-refractivity contribution >= 4 is 5.97 Å². The van der Waals surface area contributed by atoms with E-state index in [9.17, 15) is 9.90 Å². The van der Waals surface area contributed by atoms with E-state index in [4.69, 9.17) is 4.74 Å². The Morgan fingerprint density at radius 1 is 1.41 bits per heavy atom. The number of carbonyl (C=O) groups is 1. The summed E-state index contributed by atoms with van der Waals surface area (Å²) in [6.07, 6.45) is 1.88. The highest BCUT2D eigenvalue weighted by atomic mass is 16.5. The van der Waals surface area contributed by atoms with Crippen LogP contribution in [0.15, 0.2) is 24.3 Å². The number of carboxylic acids is 1. The molecule has 17 heavy (non-hydrogen) atoms. The molecule has 0 radical (unpaired) electrons. The lowest BCUT2D eigenvalue weighted by Gasteiger charge is -2.21. The van der Waals surface area contributed by atoms with Crippen LogP contribution in [-0.2, 0) is 4.79 Å². The van der Waals surface area contributed by atoms with Crippen molar-refractivity contribution in [2.24, 2.45) is 5.92 Å². The van der Waals surface area contributed by atoms with E-state index >= 15 is 0 Å². The van der Waals surface area contributed by atoms with E-state index in [1.165, 1.54) is 0 Å². The predicted molar refractivity (Wildman–Crippen MR) is 67.4 cm³/mol.